The van der Waals surface area contributed by atoms with Crippen molar-refractivity contribution in [3.8, 4) is 0 Å². The van der Waals surface area contributed by atoms with E-state index in [1.165, 1.54) is 12.1 Å². The summed E-state index contributed by atoms with van der Waals surface area (Å²) in [4.78, 5) is 25.4. The second-order valence-corrected chi connectivity index (χ2v) is 6.63. The Labute approximate surface area is 162 Å². The van der Waals surface area contributed by atoms with Crippen LogP contribution in [0.4, 0.5) is 11.4 Å². The third kappa shape index (κ3) is 4.96. The molecule has 0 radical (unpaired) electrons. The van der Waals surface area contributed by atoms with Crippen LogP contribution in [-0.2, 0) is 11.2 Å². The average Bonchev–Trinajstić information content (AvgIpc) is 2.69. The number of hydrogen-bond acceptors (Lipinski definition) is 5. The number of ether oxygens (including phenoxy) is 1. The van der Waals surface area contributed by atoms with Crippen molar-refractivity contribution in [3.05, 3.63) is 68.7 Å². The molecule has 3 rings (SSSR count). The van der Waals surface area contributed by atoms with Gasteiger partial charge in [-0.2, -0.15) is 0 Å². The number of rotatable bonds is 6. The lowest BCUT2D eigenvalue weighted by atomic mass is 10.1. The van der Waals surface area contributed by atoms with E-state index >= 15 is 0 Å². The molecule has 8 heteroatoms. The van der Waals surface area contributed by atoms with Crippen molar-refractivity contribution in [3.63, 3.8) is 0 Å². The van der Waals surface area contributed by atoms with Gasteiger partial charge in [-0.25, -0.2) is 0 Å². The van der Waals surface area contributed by atoms with E-state index in [0.717, 1.165) is 5.56 Å². The summed E-state index contributed by atoms with van der Waals surface area (Å²) < 4.78 is 5.35. The number of benzene rings is 2. The summed E-state index contributed by atoms with van der Waals surface area (Å²) in [6, 6.07) is 11.8. The molecule has 1 heterocycles. The van der Waals surface area contributed by atoms with Gasteiger partial charge in [-0.15, -0.1) is 0 Å². The normalized spacial score (nSPS) is 14.0. The van der Waals surface area contributed by atoms with Crippen LogP contribution in [0.25, 0.3) is 0 Å². The molecule has 1 aliphatic rings. The molecule has 0 aromatic heterocycles. The van der Waals surface area contributed by atoms with Gasteiger partial charge in [0.2, 0.25) is 0 Å². The highest BCUT2D eigenvalue weighted by Crippen LogP contribution is 2.26. The first-order valence-electron chi connectivity index (χ1n) is 8.68. The fourth-order valence-electron chi connectivity index (χ4n) is 2.97. The Bertz CT molecular complexity index is 820. The van der Waals surface area contributed by atoms with E-state index in [9.17, 15) is 14.9 Å². The minimum absolute atomic E-state index is 0.102. The molecule has 0 bridgehead atoms. The lowest BCUT2D eigenvalue weighted by molar-refractivity contribution is -0.384. The topological polar surface area (TPSA) is 84.7 Å². The second-order valence-electron chi connectivity index (χ2n) is 6.19. The molecular weight excluding hydrogens is 370 g/mol. The standard InChI is InChI=1S/C19H20ClN3O4/c20-15-3-1-14(2-4-15)7-8-21-19(24)17-13-16(23(25)26)5-6-18(17)22-9-11-27-12-10-22/h1-6,13H,7-12H2,(H,21,24). The fourth-order valence-corrected chi connectivity index (χ4v) is 3.09. The Kier molecular flexibility index (Phi) is 6.26. The maximum absolute atomic E-state index is 12.7. The predicted molar refractivity (Wildman–Crippen MR) is 104 cm³/mol. The lowest BCUT2D eigenvalue weighted by Crippen LogP contribution is -2.38. The van der Waals surface area contributed by atoms with E-state index in [1.54, 1.807) is 18.2 Å². The molecule has 1 amide bonds. The van der Waals surface area contributed by atoms with Crippen LogP contribution < -0.4 is 10.2 Å². The first kappa shape index (κ1) is 19.1. The molecule has 1 fully saturated rings. The van der Waals surface area contributed by atoms with Gasteiger partial charge in [0.25, 0.3) is 11.6 Å². The van der Waals surface area contributed by atoms with Crippen LogP contribution in [0.5, 0.6) is 0 Å². The minimum atomic E-state index is -0.492. The molecule has 27 heavy (non-hydrogen) atoms. The Balaban J connectivity index is 1.73. The molecule has 1 aliphatic heterocycles. The molecule has 2 aromatic rings. The maximum Gasteiger partial charge on any atom is 0.270 e. The summed E-state index contributed by atoms with van der Waals surface area (Å²) in [5.74, 6) is -0.325. The Hall–Kier alpha value is -2.64. The number of halogens is 1. The SMILES string of the molecule is O=C(NCCc1ccc(Cl)cc1)c1cc([N+](=O)[O-])ccc1N1CCOCC1. The van der Waals surface area contributed by atoms with Gasteiger partial charge >= 0.3 is 0 Å². The number of amides is 1. The molecule has 2 aromatic carbocycles. The summed E-state index contributed by atoms with van der Waals surface area (Å²) >= 11 is 5.87. The van der Waals surface area contributed by atoms with Gasteiger partial charge in [0.1, 0.15) is 0 Å². The number of nitro groups is 1. The number of morpholine rings is 1. The van der Waals surface area contributed by atoms with Crippen LogP contribution in [0.1, 0.15) is 15.9 Å². The van der Waals surface area contributed by atoms with E-state index in [1.807, 2.05) is 17.0 Å². The number of non-ortho nitro benzene ring substituents is 1. The molecule has 0 saturated carbocycles. The molecule has 142 valence electrons. The third-order valence-electron chi connectivity index (χ3n) is 4.40. The number of carbonyl (C=O) groups excluding carboxylic acids is 1. The number of carbonyl (C=O) groups is 1. The van der Waals surface area contributed by atoms with Crippen molar-refractivity contribution < 1.29 is 14.5 Å². The van der Waals surface area contributed by atoms with E-state index in [4.69, 9.17) is 16.3 Å². The first-order valence-corrected chi connectivity index (χ1v) is 9.06. The van der Waals surface area contributed by atoms with Crippen LogP contribution >= 0.6 is 11.6 Å². The van der Waals surface area contributed by atoms with Gasteiger partial charge in [0.15, 0.2) is 0 Å². The van der Waals surface area contributed by atoms with Crippen molar-refractivity contribution in [1.29, 1.82) is 0 Å². The summed E-state index contributed by atoms with van der Waals surface area (Å²) in [5, 5.41) is 14.6. The number of nitrogens with zero attached hydrogens (tertiary/aromatic N) is 2. The summed E-state index contributed by atoms with van der Waals surface area (Å²) in [6.07, 6.45) is 0.644. The number of nitro benzene ring substituents is 1. The quantitative estimate of drug-likeness (QED) is 0.606. The molecule has 7 nitrogen and oxygen atoms in total. The van der Waals surface area contributed by atoms with Crippen LogP contribution in [0, 0.1) is 10.1 Å². The van der Waals surface area contributed by atoms with E-state index in [2.05, 4.69) is 5.32 Å². The van der Waals surface area contributed by atoms with Crippen molar-refractivity contribution in [1.82, 2.24) is 5.32 Å². The fraction of sp³-hybridized carbons (Fsp3) is 0.316. The van der Waals surface area contributed by atoms with E-state index in [0.29, 0.717) is 55.5 Å². The Morgan fingerprint density at radius 2 is 1.89 bits per heavy atom. The third-order valence-corrected chi connectivity index (χ3v) is 4.65. The Morgan fingerprint density at radius 1 is 1.19 bits per heavy atom. The van der Waals surface area contributed by atoms with Gasteiger partial charge in [-0.05, 0) is 30.2 Å². The molecule has 0 unspecified atom stereocenters. The van der Waals surface area contributed by atoms with Crippen molar-refractivity contribution >= 4 is 28.9 Å². The predicted octanol–water partition coefficient (Wildman–Crippen LogP) is 3.06. The molecule has 1 N–H and O–H groups in total. The summed E-state index contributed by atoms with van der Waals surface area (Å²) in [7, 11) is 0. The monoisotopic (exact) mass is 389 g/mol. The zero-order valence-corrected chi connectivity index (χ0v) is 15.4. The molecule has 0 aliphatic carbocycles. The summed E-state index contributed by atoms with van der Waals surface area (Å²) in [5.41, 5.74) is 1.94. The second kappa shape index (κ2) is 8.83. The van der Waals surface area contributed by atoms with E-state index < -0.39 is 4.92 Å². The Morgan fingerprint density at radius 3 is 2.56 bits per heavy atom. The molecule has 0 atom stereocenters. The van der Waals surface area contributed by atoms with Crippen LogP contribution in [0.2, 0.25) is 5.02 Å². The highest BCUT2D eigenvalue weighted by Gasteiger charge is 2.21. The molecule has 0 spiro atoms. The lowest BCUT2D eigenvalue weighted by Gasteiger charge is -2.30. The van der Waals surface area contributed by atoms with Crippen molar-refractivity contribution in [2.24, 2.45) is 0 Å². The van der Waals surface area contributed by atoms with Gasteiger partial charge in [0.05, 0.1) is 29.4 Å². The average molecular weight is 390 g/mol. The highest BCUT2D eigenvalue weighted by atomic mass is 35.5. The smallest absolute Gasteiger partial charge is 0.270 e. The summed E-state index contributed by atoms with van der Waals surface area (Å²) in [6.45, 7) is 2.83. The van der Waals surface area contributed by atoms with Gasteiger partial charge < -0.3 is 15.0 Å². The number of anilines is 1. The van der Waals surface area contributed by atoms with Crippen molar-refractivity contribution in [2.75, 3.05) is 37.7 Å². The van der Waals surface area contributed by atoms with Gasteiger partial charge in [-0.1, -0.05) is 23.7 Å². The largest absolute Gasteiger partial charge is 0.378 e. The van der Waals surface area contributed by atoms with Gasteiger partial charge in [-0.3, -0.25) is 14.9 Å². The molecule has 1 saturated heterocycles. The zero-order chi connectivity index (χ0) is 19.2. The van der Waals surface area contributed by atoms with Crippen LogP contribution in [0.15, 0.2) is 42.5 Å². The minimum Gasteiger partial charge on any atom is -0.378 e. The zero-order valence-electron chi connectivity index (χ0n) is 14.7. The van der Waals surface area contributed by atoms with Crippen molar-refractivity contribution in [2.45, 2.75) is 6.42 Å². The van der Waals surface area contributed by atoms with Gasteiger partial charge in [0, 0.05) is 36.8 Å². The number of hydrogen-bond donors (Lipinski definition) is 1. The van der Waals surface area contributed by atoms with E-state index in [-0.39, 0.29) is 11.6 Å². The highest BCUT2D eigenvalue weighted by molar-refractivity contribution is 6.30. The van der Waals surface area contributed by atoms with Crippen LogP contribution in [-0.4, -0.2) is 43.7 Å². The first-order chi connectivity index (χ1) is 13.0. The van der Waals surface area contributed by atoms with Crippen LogP contribution in [0.3, 0.4) is 0 Å². The molecular formula is C19H20ClN3O4. The number of nitrogens with one attached hydrogen (secondary N) is 1. The maximum atomic E-state index is 12.7.